The standard InChI is InChI=1S/C24H21N7O2/c25-13-24(8-9-24)14-3-1-4-15(11-14)29-23-28-12-18(20(26)32)21(31-23)30-19-6-2-5-17-16(19)7-10-27-22(17)33/h1-6,11-12H,7-10H2,(H2,26,32)(H,27,33)(H2,28,29,30,31). The van der Waals surface area contributed by atoms with E-state index < -0.39 is 11.3 Å². The molecule has 1 aliphatic heterocycles. The van der Waals surface area contributed by atoms with Crippen LogP contribution in [0.25, 0.3) is 0 Å². The van der Waals surface area contributed by atoms with Crippen LogP contribution in [0.3, 0.4) is 0 Å². The van der Waals surface area contributed by atoms with Crippen molar-refractivity contribution in [1.29, 1.82) is 5.26 Å². The van der Waals surface area contributed by atoms with Crippen molar-refractivity contribution in [3.63, 3.8) is 0 Å². The molecule has 1 aliphatic carbocycles. The van der Waals surface area contributed by atoms with Crippen LogP contribution >= 0.6 is 0 Å². The van der Waals surface area contributed by atoms with Gasteiger partial charge in [-0.3, -0.25) is 9.59 Å². The van der Waals surface area contributed by atoms with Gasteiger partial charge in [-0.15, -0.1) is 0 Å². The Hall–Kier alpha value is -4.45. The highest BCUT2D eigenvalue weighted by atomic mass is 16.2. The zero-order valence-electron chi connectivity index (χ0n) is 17.7. The van der Waals surface area contributed by atoms with E-state index in [-0.39, 0.29) is 23.2 Å². The largest absolute Gasteiger partial charge is 0.365 e. The lowest BCUT2D eigenvalue weighted by molar-refractivity contribution is 0.0944. The third-order valence-corrected chi connectivity index (χ3v) is 6.02. The number of nitriles is 1. The lowest BCUT2D eigenvalue weighted by Crippen LogP contribution is -2.32. The van der Waals surface area contributed by atoms with E-state index >= 15 is 0 Å². The SMILES string of the molecule is N#CC1(c2cccc(Nc3ncc(C(N)=O)c(Nc4cccc5c4CCNC5=O)n3)c2)CC1. The molecule has 5 rings (SSSR count). The van der Waals surface area contributed by atoms with Gasteiger partial charge in [-0.05, 0) is 54.7 Å². The molecule has 0 spiro atoms. The van der Waals surface area contributed by atoms with Gasteiger partial charge in [0.15, 0.2) is 0 Å². The number of aromatic nitrogens is 2. The van der Waals surface area contributed by atoms with Crippen molar-refractivity contribution in [1.82, 2.24) is 15.3 Å². The molecule has 1 aromatic heterocycles. The van der Waals surface area contributed by atoms with E-state index in [1.807, 2.05) is 30.3 Å². The highest BCUT2D eigenvalue weighted by molar-refractivity contribution is 6.00. The first-order valence-electron chi connectivity index (χ1n) is 10.6. The van der Waals surface area contributed by atoms with Crippen LogP contribution in [0.1, 0.15) is 44.7 Å². The number of rotatable bonds is 6. The summed E-state index contributed by atoms with van der Waals surface area (Å²) in [6, 6.07) is 15.4. The number of carbonyl (C=O) groups is 2. The summed E-state index contributed by atoms with van der Waals surface area (Å²) in [4.78, 5) is 32.9. The highest BCUT2D eigenvalue weighted by Crippen LogP contribution is 2.48. The Bertz CT molecular complexity index is 1320. The average Bonchev–Trinajstić information content (AvgIpc) is 3.62. The van der Waals surface area contributed by atoms with E-state index in [1.165, 1.54) is 6.20 Å². The Morgan fingerprint density at radius 3 is 2.76 bits per heavy atom. The van der Waals surface area contributed by atoms with Gasteiger partial charge in [-0.2, -0.15) is 10.2 Å². The van der Waals surface area contributed by atoms with Gasteiger partial charge in [-0.1, -0.05) is 18.2 Å². The maximum atomic E-state index is 12.2. The number of nitrogens with zero attached hydrogens (tertiary/aromatic N) is 3. The summed E-state index contributed by atoms with van der Waals surface area (Å²) in [5, 5.41) is 18.6. The van der Waals surface area contributed by atoms with E-state index in [0.29, 0.717) is 24.2 Å². The molecule has 33 heavy (non-hydrogen) atoms. The molecular weight excluding hydrogens is 418 g/mol. The number of nitrogens with two attached hydrogens (primary N) is 1. The van der Waals surface area contributed by atoms with Crippen LogP contribution in [0.15, 0.2) is 48.7 Å². The number of anilines is 4. The topological polar surface area (TPSA) is 146 Å². The van der Waals surface area contributed by atoms with Crippen LogP contribution in [0.4, 0.5) is 23.1 Å². The van der Waals surface area contributed by atoms with Crippen LogP contribution in [-0.2, 0) is 11.8 Å². The minimum atomic E-state index is -0.668. The first-order chi connectivity index (χ1) is 16.0. The van der Waals surface area contributed by atoms with Crippen LogP contribution in [0.2, 0.25) is 0 Å². The van der Waals surface area contributed by atoms with Gasteiger partial charge in [0.1, 0.15) is 11.4 Å². The minimum Gasteiger partial charge on any atom is -0.365 e. The molecule has 0 atom stereocenters. The number of hydrogen-bond acceptors (Lipinski definition) is 7. The Kier molecular flexibility index (Phi) is 4.90. The summed E-state index contributed by atoms with van der Waals surface area (Å²) < 4.78 is 0. The fourth-order valence-electron chi connectivity index (χ4n) is 4.04. The first kappa shape index (κ1) is 20.5. The third kappa shape index (κ3) is 3.83. The monoisotopic (exact) mass is 439 g/mol. The molecule has 2 amide bonds. The zero-order chi connectivity index (χ0) is 23.0. The van der Waals surface area contributed by atoms with E-state index in [9.17, 15) is 14.9 Å². The van der Waals surface area contributed by atoms with Crippen LogP contribution < -0.4 is 21.7 Å². The zero-order valence-corrected chi connectivity index (χ0v) is 17.7. The number of nitrogens with one attached hydrogen (secondary N) is 3. The lowest BCUT2D eigenvalue weighted by atomic mass is 9.97. The minimum absolute atomic E-state index is 0.133. The Morgan fingerprint density at radius 2 is 2.00 bits per heavy atom. The Labute approximate surface area is 190 Å². The van der Waals surface area contributed by atoms with Crippen molar-refractivity contribution < 1.29 is 9.59 Å². The molecule has 9 nitrogen and oxygen atoms in total. The molecule has 9 heteroatoms. The number of benzene rings is 2. The molecule has 2 aromatic carbocycles. The van der Waals surface area contributed by atoms with Gasteiger partial charge in [0.05, 0.1) is 11.5 Å². The third-order valence-electron chi connectivity index (χ3n) is 6.02. The predicted molar refractivity (Wildman–Crippen MR) is 123 cm³/mol. The summed E-state index contributed by atoms with van der Waals surface area (Å²) in [5.41, 5.74) is 9.09. The van der Waals surface area contributed by atoms with Crippen molar-refractivity contribution >= 4 is 35.0 Å². The number of primary amides is 1. The van der Waals surface area contributed by atoms with Gasteiger partial charge in [-0.25, -0.2) is 4.98 Å². The molecule has 5 N–H and O–H groups in total. The molecule has 0 saturated heterocycles. The van der Waals surface area contributed by atoms with Gasteiger partial charge in [0.25, 0.3) is 11.8 Å². The Balaban J connectivity index is 1.47. The molecule has 2 aliphatic rings. The number of hydrogen-bond donors (Lipinski definition) is 4. The van der Waals surface area contributed by atoms with Crippen molar-refractivity contribution in [3.05, 3.63) is 70.9 Å². The van der Waals surface area contributed by atoms with E-state index in [2.05, 4.69) is 32.0 Å². The first-order valence-corrected chi connectivity index (χ1v) is 10.6. The molecule has 1 fully saturated rings. The van der Waals surface area contributed by atoms with E-state index in [1.54, 1.807) is 12.1 Å². The molecule has 2 heterocycles. The highest BCUT2D eigenvalue weighted by Gasteiger charge is 2.44. The average molecular weight is 439 g/mol. The molecule has 0 bridgehead atoms. The summed E-state index contributed by atoms with van der Waals surface area (Å²) in [6.07, 6.45) is 3.72. The van der Waals surface area contributed by atoms with Gasteiger partial charge < -0.3 is 21.7 Å². The normalized spacial score (nSPS) is 15.5. The quantitative estimate of drug-likeness (QED) is 0.462. The van der Waals surface area contributed by atoms with Crippen molar-refractivity contribution in [2.45, 2.75) is 24.7 Å². The second-order valence-electron chi connectivity index (χ2n) is 8.18. The molecule has 3 aromatic rings. The maximum Gasteiger partial charge on any atom is 0.254 e. The summed E-state index contributed by atoms with van der Waals surface area (Å²) in [6.45, 7) is 0.532. The van der Waals surface area contributed by atoms with E-state index in [0.717, 1.165) is 29.7 Å². The lowest BCUT2D eigenvalue weighted by Gasteiger charge is -2.20. The second-order valence-corrected chi connectivity index (χ2v) is 8.18. The van der Waals surface area contributed by atoms with Crippen molar-refractivity contribution in [2.24, 2.45) is 5.73 Å². The van der Waals surface area contributed by atoms with Crippen molar-refractivity contribution in [3.8, 4) is 6.07 Å². The summed E-state index contributed by atoms with van der Waals surface area (Å²) in [5.74, 6) is -0.292. The predicted octanol–water partition coefficient (Wildman–Crippen LogP) is 2.90. The second kappa shape index (κ2) is 7.91. The van der Waals surface area contributed by atoms with Crippen molar-refractivity contribution in [2.75, 3.05) is 17.2 Å². The molecule has 0 radical (unpaired) electrons. The molecular formula is C24H21N7O2. The smallest absolute Gasteiger partial charge is 0.254 e. The fourth-order valence-corrected chi connectivity index (χ4v) is 4.04. The Morgan fingerprint density at radius 1 is 1.18 bits per heavy atom. The number of amides is 2. The number of carbonyl (C=O) groups excluding carboxylic acids is 2. The number of fused-ring (bicyclic) bond motifs is 1. The fraction of sp³-hybridized carbons (Fsp3) is 0.208. The van der Waals surface area contributed by atoms with Gasteiger partial charge in [0, 0.05) is 29.7 Å². The molecule has 1 saturated carbocycles. The maximum absolute atomic E-state index is 12.2. The summed E-state index contributed by atoms with van der Waals surface area (Å²) in [7, 11) is 0. The van der Waals surface area contributed by atoms with Crippen LogP contribution in [-0.4, -0.2) is 28.3 Å². The van der Waals surface area contributed by atoms with Crippen LogP contribution in [0, 0.1) is 11.3 Å². The van der Waals surface area contributed by atoms with E-state index in [4.69, 9.17) is 5.73 Å². The van der Waals surface area contributed by atoms with Gasteiger partial charge >= 0.3 is 0 Å². The summed E-state index contributed by atoms with van der Waals surface area (Å²) >= 11 is 0. The van der Waals surface area contributed by atoms with Crippen LogP contribution in [0.5, 0.6) is 0 Å². The molecule has 0 unspecified atom stereocenters. The molecule has 164 valence electrons. The van der Waals surface area contributed by atoms with Gasteiger partial charge in [0.2, 0.25) is 5.95 Å².